The number of sulfonamides is 1. The summed E-state index contributed by atoms with van der Waals surface area (Å²) in [5, 5.41) is 2.50. The van der Waals surface area contributed by atoms with Crippen molar-refractivity contribution in [2.45, 2.75) is 11.8 Å². The van der Waals surface area contributed by atoms with E-state index in [1.165, 1.54) is 44.4 Å². The van der Waals surface area contributed by atoms with Gasteiger partial charge in [0.15, 0.2) is 0 Å². The van der Waals surface area contributed by atoms with E-state index in [0.29, 0.717) is 5.69 Å². The molecule has 0 spiro atoms. The number of halogens is 1. The zero-order chi connectivity index (χ0) is 17.0. The molecule has 8 heteroatoms. The molecule has 6 nitrogen and oxygen atoms in total. The SMILES string of the molecule is COc1ccc(NC(C)=O)cc1S(=O)(=O)Nc1ccc(F)cc1. The summed E-state index contributed by atoms with van der Waals surface area (Å²) in [6.07, 6.45) is 0. The number of nitrogens with one attached hydrogen (secondary N) is 2. The zero-order valence-corrected chi connectivity index (χ0v) is 13.3. The monoisotopic (exact) mass is 338 g/mol. The second-order valence-corrected chi connectivity index (χ2v) is 6.31. The molecule has 0 saturated heterocycles. The molecule has 23 heavy (non-hydrogen) atoms. The Morgan fingerprint density at radius 2 is 1.70 bits per heavy atom. The number of benzene rings is 2. The first kappa shape index (κ1) is 16.8. The molecule has 1 amide bonds. The third-order valence-electron chi connectivity index (χ3n) is 2.87. The van der Waals surface area contributed by atoms with Crippen LogP contribution in [0.15, 0.2) is 47.4 Å². The molecule has 0 atom stereocenters. The predicted molar refractivity (Wildman–Crippen MR) is 84.5 cm³/mol. The quantitative estimate of drug-likeness (QED) is 0.877. The van der Waals surface area contributed by atoms with E-state index in [0.717, 1.165) is 12.1 Å². The van der Waals surface area contributed by atoms with E-state index in [9.17, 15) is 17.6 Å². The van der Waals surface area contributed by atoms with Crippen LogP contribution in [0.3, 0.4) is 0 Å². The van der Waals surface area contributed by atoms with Gasteiger partial charge in [-0.25, -0.2) is 12.8 Å². The van der Waals surface area contributed by atoms with Gasteiger partial charge in [-0.1, -0.05) is 0 Å². The number of hydrogen-bond donors (Lipinski definition) is 2. The summed E-state index contributed by atoms with van der Waals surface area (Å²) in [6.45, 7) is 1.31. The van der Waals surface area contributed by atoms with Crippen molar-refractivity contribution in [3.63, 3.8) is 0 Å². The summed E-state index contributed by atoms with van der Waals surface area (Å²) >= 11 is 0. The fourth-order valence-corrected chi connectivity index (χ4v) is 3.15. The number of amides is 1. The molecule has 0 aromatic heterocycles. The summed E-state index contributed by atoms with van der Waals surface area (Å²) in [5.74, 6) is -0.683. The van der Waals surface area contributed by atoms with Crippen molar-refractivity contribution < 1.29 is 22.3 Å². The number of ether oxygens (including phenoxy) is 1. The van der Waals surface area contributed by atoms with E-state index in [1.807, 2.05) is 0 Å². The fourth-order valence-electron chi connectivity index (χ4n) is 1.90. The van der Waals surface area contributed by atoms with Crippen molar-refractivity contribution in [1.29, 1.82) is 0 Å². The van der Waals surface area contributed by atoms with Crippen molar-refractivity contribution >= 4 is 27.3 Å². The molecule has 0 radical (unpaired) electrons. The van der Waals surface area contributed by atoms with Crippen LogP contribution in [0.5, 0.6) is 5.75 Å². The number of carbonyl (C=O) groups is 1. The van der Waals surface area contributed by atoms with Gasteiger partial charge in [0.25, 0.3) is 10.0 Å². The Morgan fingerprint density at radius 1 is 1.09 bits per heavy atom. The minimum Gasteiger partial charge on any atom is -0.495 e. The van der Waals surface area contributed by atoms with Crippen LogP contribution < -0.4 is 14.8 Å². The van der Waals surface area contributed by atoms with E-state index in [4.69, 9.17) is 4.74 Å². The second-order valence-electron chi connectivity index (χ2n) is 4.66. The smallest absolute Gasteiger partial charge is 0.265 e. The van der Waals surface area contributed by atoms with E-state index in [2.05, 4.69) is 10.0 Å². The Morgan fingerprint density at radius 3 is 2.26 bits per heavy atom. The molecule has 0 fully saturated rings. The highest BCUT2D eigenvalue weighted by Crippen LogP contribution is 2.28. The molecule has 2 N–H and O–H groups in total. The van der Waals surface area contributed by atoms with E-state index >= 15 is 0 Å². The number of carbonyl (C=O) groups excluding carboxylic acids is 1. The third kappa shape index (κ3) is 4.19. The van der Waals surface area contributed by atoms with Crippen LogP contribution in [-0.2, 0) is 14.8 Å². The van der Waals surface area contributed by atoms with Crippen LogP contribution in [0.1, 0.15) is 6.92 Å². The largest absolute Gasteiger partial charge is 0.495 e. The summed E-state index contributed by atoms with van der Waals surface area (Å²) in [7, 11) is -2.64. The van der Waals surface area contributed by atoms with Crippen LogP contribution in [0.25, 0.3) is 0 Å². The Hall–Kier alpha value is -2.61. The molecule has 0 saturated carbocycles. The van der Waals surface area contributed by atoms with Crippen LogP contribution in [0.2, 0.25) is 0 Å². The lowest BCUT2D eigenvalue weighted by atomic mass is 10.3. The van der Waals surface area contributed by atoms with Crippen LogP contribution >= 0.6 is 0 Å². The van der Waals surface area contributed by atoms with Gasteiger partial charge in [0.1, 0.15) is 16.5 Å². The van der Waals surface area contributed by atoms with Crippen LogP contribution in [-0.4, -0.2) is 21.4 Å². The average Bonchev–Trinajstić information content (AvgIpc) is 2.49. The first-order valence-corrected chi connectivity index (χ1v) is 8.04. The second kappa shape index (κ2) is 6.66. The third-order valence-corrected chi connectivity index (χ3v) is 4.27. The highest BCUT2D eigenvalue weighted by atomic mass is 32.2. The summed E-state index contributed by atoms with van der Waals surface area (Å²) in [4.78, 5) is 11.0. The molecule has 2 aromatic carbocycles. The Labute approximate surface area is 133 Å². The molecule has 122 valence electrons. The summed E-state index contributed by atoms with van der Waals surface area (Å²) in [6, 6.07) is 9.13. The topological polar surface area (TPSA) is 84.5 Å². The Bertz CT molecular complexity index is 820. The highest BCUT2D eigenvalue weighted by molar-refractivity contribution is 7.92. The van der Waals surface area contributed by atoms with Gasteiger partial charge in [0.05, 0.1) is 7.11 Å². The van der Waals surface area contributed by atoms with Gasteiger partial charge in [0.2, 0.25) is 5.91 Å². The minimum absolute atomic E-state index is 0.119. The maximum absolute atomic E-state index is 12.9. The van der Waals surface area contributed by atoms with Gasteiger partial charge in [-0.05, 0) is 42.5 Å². The predicted octanol–water partition coefficient (Wildman–Crippen LogP) is 2.59. The number of hydrogen-bond acceptors (Lipinski definition) is 4. The van der Waals surface area contributed by atoms with Crippen molar-refractivity contribution in [3.05, 3.63) is 48.3 Å². The number of methoxy groups -OCH3 is 1. The lowest BCUT2D eigenvalue weighted by Gasteiger charge is -2.13. The minimum atomic E-state index is -3.98. The first-order chi connectivity index (χ1) is 10.8. The van der Waals surface area contributed by atoms with Crippen molar-refractivity contribution in [2.24, 2.45) is 0 Å². The lowest BCUT2D eigenvalue weighted by Crippen LogP contribution is -2.15. The van der Waals surface area contributed by atoms with E-state index < -0.39 is 15.8 Å². The van der Waals surface area contributed by atoms with Gasteiger partial charge < -0.3 is 10.1 Å². The molecule has 2 aromatic rings. The standard InChI is InChI=1S/C15H15FN2O4S/c1-10(19)17-13-7-8-14(22-2)15(9-13)23(20,21)18-12-5-3-11(16)4-6-12/h3-9,18H,1-2H3,(H,17,19). The summed E-state index contributed by atoms with van der Waals surface area (Å²) < 4.78 is 45.3. The summed E-state index contributed by atoms with van der Waals surface area (Å²) in [5.41, 5.74) is 0.524. The molecule has 0 aliphatic carbocycles. The maximum Gasteiger partial charge on any atom is 0.265 e. The molecule has 0 bridgehead atoms. The molecular weight excluding hydrogens is 323 g/mol. The molecule has 0 aliphatic heterocycles. The van der Waals surface area contributed by atoms with Gasteiger partial charge in [-0.2, -0.15) is 0 Å². The Balaban J connectivity index is 2.40. The zero-order valence-electron chi connectivity index (χ0n) is 12.5. The van der Waals surface area contributed by atoms with Crippen molar-refractivity contribution in [2.75, 3.05) is 17.1 Å². The lowest BCUT2D eigenvalue weighted by molar-refractivity contribution is -0.114. The maximum atomic E-state index is 12.9. The fraction of sp³-hybridized carbons (Fsp3) is 0.133. The van der Waals surface area contributed by atoms with Crippen molar-refractivity contribution in [1.82, 2.24) is 0 Å². The van der Waals surface area contributed by atoms with Crippen LogP contribution in [0, 0.1) is 5.82 Å². The van der Waals surface area contributed by atoms with Crippen molar-refractivity contribution in [3.8, 4) is 5.75 Å². The molecule has 0 heterocycles. The van der Waals surface area contributed by atoms with E-state index in [1.54, 1.807) is 0 Å². The number of anilines is 2. The number of rotatable bonds is 5. The van der Waals surface area contributed by atoms with Gasteiger partial charge in [-0.15, -0.1) is 0 Å². The van der Waals surface area contributed by atoms with Crippen LogP contribution in [0.4, 0.5) is 15.8 Å². The van der Waals surface area contributed by atoms with Gasteiger partial charge >= 0.3 is 0 Å². The average molecular weight is 338 g/mol. The Kier molecular flexibility index (Phi) is 4.85. The molecule has 0 aliphatic rings. The molecule has 0 unspecified atom stereocenters. The van der Waals surface area contributed by atoms with Gasteiger partial charge in [0, 0.05) is 18.3 Å². The molecule has 2 rings (SSSR count). The first-order valence-electron chi connectivity index (χ1n) is 6.56. The van der Waals surface area contributed by atoms with E-state index in [-0.39, 0.29) is 22.2 Å². The molecular formula is C15H15FN2O4S. The normalized spacial score (nSPS) is 10.9. The van der Waals surface area contributed by atoms with Gasteiger partial charge in [-0.3, -0.25) is 9.52 Å². The highest BCUT2D eigenvalue weighted by Gasteiger charge is 2.20.